The molecule has 1 saturated carbocycles. The maximum atomic E-state index is 12.9. The van der Waals surface area contributed by atoms with Gasteiger partial charge in [-0.15, -0.1) is 6.42 Å². The number of terminal acetylenes is 1. The second kappa shape index (κ2) is 36.5. The van der Waals surface area contributed by atoms with Crippen molar-refractivity contribution in [3.63, 3.8) is 0 Å². The van der Waals surface area contributed by atoms with Gasteiger partial charge in [0.1, 0.15) is 49.5 Å². The lowest BCUT2D eigenvalue weighted by atomic mass is 9.85. The van der Waals surface area contributed by atoms with Crippen LogP contribution < -0.4 is 0 Å². The van der Waals surface area contributed by atoms with Crippen molar-refractivity contribution in [3.8, 4) is 59.0 Å². The van der Waals surface area contributed by atoms with Crippen LogP contribution in [0.3, 0.4) is 0 Å². The van der Waals surface area contributed by atoms with E-state index >= 15 is 0 Å². The molecule has 1 rings (SSSR count). The third-order valence-corrected chi connectivity index (χ3v) is 11.9. The highest BCUT2D eigenvalue weighted by molar-refractivity contribution is 8.17. The molecule has 0 heterocycles. The van der Waals surface area contributed by atoms with E-state index in [4.69, 9.17) is 30.1 Å². The molecular weight excluding hydrogens is 1000 g/mol. The van der Waals surface area contributed by atoms with Gasteiger partial charge in [-0.05, 0) is 65.5 Å². The van der Waals surface area contributed by atoms with E-state index < -0.39 is 100.0 Å². The Hall–Kier alpha value is -2.43. The molecule has 1 aliphatic carbocycles. The molecule has 8 atom stereocenters. The van der Waals surface area contributed by atoms with Crippen molar-refractivity contribution in [2.24, 2.45) is 0 Å². The maximum Gasteiger partial charge on any atom is 0.472 e. The highest BCUT2D eigenvalue weighted by Gasteiger charge is 2.59. The number of carbonyl (C=O) groups excluding carboxylic acids is 2. The average molecular weight is 1090 g/mol. The summed E-state index contributed by atoms with van der Waals surface area (Å²) in [5.41, 5.74) is 0. The number of aliphatic hydroxyl groups excluding tert-OH is 3. The van der Waals surface area contributed by atoms with E-state index in [1.807, 2.05) is 6.92 Å². The molecule has 0 amide bonds. The molecule has 0 aliphatic heterocycles. The van der Waals surface area contributed by atoms with Crippen molar-refractivity contribution in [2.45, 2.75) is 159 Å². The topological polar surface area (TPSA) is 369 Å². The van der Waals surface area contributed by atoms with Crippen LogP contribution in [0.15, 0.2) is 0 Å². The third kappa shape index (κ3) is 34.8. The average Bonchev–Trinajstić information content (AvgIpc) is 3.23. The number of hydrogen-bond acceptors (Lipinski definition) is 17. The number of unbranched alkanes of at least 4 members (excludes halogenated alkanes) is 12. The van der Waals surface area contributed by atoms with E-state index in [-0.39, 0.29) is 24.4 Å². The molecule has 0 saturated heterocycles. The van der Waals surface area contributed by atoms with Crippen LogP contribution in [-0.2, 0) is 59.9 Å². The predicted octanol–water partition coefficient (Wildman–Crippen LogP) is 5.88. The van der Waals surface area contributed by atoms with Crippen LogP contribution >= 0.6 is 43.1 Å². The van der Waals surface area contributed by atoms with Crippen LogP contribution in [0.25, 0.3) is 0 Å². The van der Waals surface area contributed by atoms with Gasteiger partial charge in [-0.1, -0.05) is 90.9 Å². The van der Waals surface area contributed by atoms with Gasteiger partial charge in [0.05, 0.1) is 13.2 Å². The first kappa shape index (κ1) is 65.6. The summed E-state index contributed by atoms with van der Waals surface area (Å²) in [5, 5.41) is 33.0. The minimum Gasteiger partial charge on any atom is -0.457 e. The van der Waals surface area contributed by atoms with E-state index in [2.05, 4.69) is 73.1 Å². The minimum atomic E-state index is -5.75. The number of ether oxygens (including phenoxy) is 2. The van der Waals surface area contributed by atoms with Gasteiger partial charge in [0.25, 0.3) is 0 Å². The molecule has 10 N–H and O–H groups in total. The lowest BCUT2D eigenvalue weighted by molar-refractivity contribution is -0.209. The van der Waals surface area contributed by atoms with Crippen molar-refractivity contribution in [1.82, 2.24) is 0 Å². The van der Waals surface area contributed by atoms with E-state index in [1.165, 1.54) is 44.9 Å². The van der Waals surface area contributed by atoms with Crippen LogP contribution in [0, 0.1) is 59.0 Å². The second-order valence-corrected chi connectivity index (χ2v) is 20.3. The van der Waals surface area contributed by atoms with E-state index in [1.54, 1.807) is 0 Å². The molecule has 0 spiro atoms. The van der Waals surface area contributed by atoms with Gasteiger partial charge in [0.15, 0.2) is 0 Å². The molecule has 23 nitrogen and oxygen atoms in total. The number of esters is 1. The minimum absolute atomic E-state index is 0. The molecule has 68 heavy (non-hydrogen) atoms. The summed E-state index contributed by atoms with van der Waals surface area (Å²) in [6, 6.07) is 0. The van der Waals surface area contributed by atoms with Crippen LogP contribution in [0.4, 0.5) is 0 Å². The molecule has 28 heteroatoms. The molecule has 0 aromatic heterocycles. The van der Waals surface area contributed by atoms with Crippen molar-refractivity contribution in [2.75, 3.05) is 20.0 Å². The zero-order valence-electron chi connectivity index (χ0n) is 37.5. The maximum absolute atomic E-state index is 12.9. The number of phosphoric ester groups is 4. The summed E-state index contributed by atoms with van der Waals surface area (Å²) in [6.07, 6.45) is 2.57. The van der Waals surface area contributed by atoms with E-state index in [9.17, 15) is 72.3 Å². The third-order valence-electron chi connectivity index (χ3n) is 8.74. The molecule has 1 aliphatic rings. The zero-order chi connectivity index (χ0) is 51.7. The Kier molecular flexibility index (Phi) is 35.2. The molecule has 5 unspecified atom stereocenters. The van der Waals surface area contributed by atoms with Crippen molar-refractivity contribution in [1.29, 1.82) is 0 Å². The number of thioether (sulfide) groups is 1. The van der Waals surface area contributed by atoms with Crippen LogP contribution in [0.1, 0.15) is 129 Å². The Morgan fingerprint density at radius 3 is 1.47 bits per heavy atom. The summed E-state index contributed by atoms with van der Waals surface area (Å²) >= 11 is 0.968. The Balaban J connectivity index is -0.000000195. The van der Waals surface area contributed by atoms with Crippen LogP contribution in [-0.4, -0.2) is 123 Å². The standard InChI is InChI=1S/C26H54O22P4.C14H8OS.9H2/c1-2-3-4-5-6-7-8-9-10-11-12-13-14-15-20(28)44-19(16-42-18-27)17-43-52(40,41)48-23-21(29)24(45-49(31,32)33)26(47-51(37,38)39)25(22(23)30)46-50(34,35)36;1-3-5-6-7-8-9-10-11-13-16-14(15)12-4-2;;;;;;;;;/h19,21-27,29-30H,2-18H2,1H3,(H,40,41)(H2,31,32,33)(H2,34,35,36)(H2,37,38,39);1H,4,12H2,2H3;9*1H/t19-,21-,22?,23?,24?,25+,26?;;;;;;;;;;/m1........../s1. The summed E-state index contributed by atoms with van der Waals surface area (Å²) < 4.78 is 79.8. The second-order valence-electron chi connectivity index (χ2n) is 14.4. The number of aliphatic hydroxyl groups is 3. The summed E-state index contributed by atoms with van der Waals surface area (Å²) in [6.45, 7) is 1.77. The van der Waals surface area contributed by atoms with Crippen molar-refractivity contribution >= 4 is 54.1 Å². The number of phosphoric acid groups is 4. The summed E-state index contributed by atoms with van der Waals surface area (Å²) in [7, 11) is -22.8. The molecule has 0 bridgehead atoms. The zero-order valence-corrected chi connectivity index (χ0v) is 41.9. The first-order valence-corrected chi connectivity index (χ1v) is 28.1. The molecule has 1 fully saturated rings. The largest absolute Gasteiger partial charge is 0.472 e. The highest BCUT2D eigenvalue weighted by Crippen LogP contribution is 2.53. The first-order valence-electron chi connectivity index (χ1n) is 21.2. The van der Waals surface area contributed by atoms with Crippen LogP contribution in [0.5, 0.6) is 0 Å². The number of hydrogen-bond donors (Lipinski definition) is 10. The quantitative estimate of drug-likeness (QED) is 0.0127. The normalized spacial score (nSPS) is 20.3. The highest BCUT2D eigenvalue weighted by atomic mass is 32.2. The monoisotopic (exact) mass is 1080 g/mol. The molecular formula is C40H80O23P4S. The fourth-order valence-electron chi connectivity index (χ4n) is 5.87. The molecule has 0 radical (unpaired) electrons. The molecule has 0 aromatic rings. The number of rotatable bonds is 31. The van der Waals surface area contributed by atoms with Gasteiger partial charge in [-0.2, -0.15) is 0 Å². The van der Waals surface area contributed by atoms with Gasteiger partial charge < -0.3 is 59.0 Å². The van der Waals surface area contributed by atoms with Gasteiger partial charge in [-0.25, -0.2) is 18.3 Å². The Morgan fingerprint density at radius 2 is 1.03 bits per heavy atom. The lowest BCUT2D eigenvalue weighted by Gasteiger charge is -2.45. The number of carbonyl (C=O) groups is 2. The Bertz CT molecular complexity index is 2010. The van der Waals surface area contributed by atoms with Gasteiger partial charge in [0.2, 0.25) is 5.12 Å². The molecule has 404 valence electrons. The van der Waals surface area contributed by atoms with Crippen molar-refractivity contribution in [3.05, 3.63) is 0 Å². The van der Waals surface area contributed by atoms with Gasteiger partial charge in [-0.3, -0.25) is 32.2 Å². The van der Waals surface area contributed by atoms with Crippen LogP contribution in [0.2, 0.25) is 0 Å². The smallest absolute Gasteiger partial charge is 0.457 e. The van der Waals surface area contributed by atoms with E-state index in [0.29, 0.717) is 12.8 Å². The first-order chi connectivity index (χ1) is 31.9. The summed E-state index contributed by atoms with van der Waals surface area (Å²) in [5.74, 6) is 18.5. The van der Waals surface area contributed by atoms with Crippen molar-refractivity contribution < 1.29 is 122 Å². The van der Waals surface area contributed by atoms with Gasteiger partial charge in [0, 0.05) is 37.4 Å². The fourth-order valence-corrected chi connectivity index (χ4v) is 9.04. The van der Waals surface area contributed by atoms with Gasteiger partial charge >= 0.3 is 37.3 Å². The predicted molar refractivity (Wildman–Crippen MR) is 263 cm³/mol. The molecule has 0 aromatic carbocycles. The fraction of sp³-hybridized carbons (Fsp3) is 0.700. The Morgan fingerprint density at radius 1 is 0.588 bits per heavy atom. The lowest BCUT2D eigenvalue weighted by Crippen LogP contribution is -2.65. The Labute approximate surface area is 414 Å². The summed E-state index contributed by atoms with van der Waals surface area (Å²) in [4.78, 5) is 89.4. The SMILES string of the molecule is C#CC#CC#CC#CC#CSC(=O)CCC.CCCCCCCCCCCCCCCC(=O)O[C@H](COCO)COP(=O)(O)OC1C(O)[C@H](OP(=O)(O)O)C(OP(=O)(O)O)C(OP(=O)(O)O)[C@@H]1O.[HH].[HH].[HH].[HH].[HH].[HH].[HH].[HH].[HH]. The van der Waals surface area contributed by atoms with E-state index in [0.717, 1.165) is 50.3 Å².